The summed E-state index contributed by atoms with van der Waals surface area (Å²) in [6, 6.07) is 18.0. The lowest BCUT2D eigenvalue weighted by atomic mass is 10.1. The van der Waals surface area contributed by atoms with Crippen LogP contribution in [-0.4, -0.2) is 24.1 Å². The minimum Gasteiger partial charge on any atom is -0.497 e. The van der Waals surface area contributed by atoms with Gasteiger partial charge in [-0.2, -0.15) is 0 Å². The largest absolute Gasteiger partial charge is 0.497 e. The molecule has 6 nitrogen and oxygen atoms in total. The van der Waals surface area contributed by atoms with Gasteiger partial charge in [-0.3, -0.25) is 4.79 Å². The van der Waals surface area contributed by atoms with Crippen LogP contribution in [0.15, 0.2) is 65.1 Å². The quantitative estimate of drug-likeness (QED) is 0.351. The average molecular weight is 471 g/mol. The molecule has 1 atom stereocenters. The van der Waals surface area contributed by atoms with Gasteiger partial charge in [-0.1, -0.05) is 41.4 Å². The minimum absolute atomic E-state index is 0.266. The number of hydrogen-bond acceptors (Lipinski definition) is 5. The van der Waals surface area contributed by atoms with Crippen molar-refractivity contribution in [3.63, 3.8) is 0 Å². The predicted molar refractivity (Wildman–Crippen MR) is 125 cm³/mol. The van der Waals surface area contributed by atoms with Crippen LogP contribution in [0, 0.1) is 0 Å². The van der Waals surface area contributed by atoms with Gasteiger partial charge in [-0.15, -0.1) is 0 Å². The highest BCUT2D eigenvalue weighted by molar-refractivity contribution is 6.42. The number of halogens is 2. The lowest BCUT2D eigenvalue weighted by Gasteiger charge is -2.16. The summed E-state index contributed by atoms with van der Waals surface area (Å²) in [7, 11) is 1.63. The predicted octanol–water partition coefficient (Wildman–Crippen LogP) is 6.14. The number of benzene rings is 3. The van der Waals surface area contributed by atoms with E-state index in [4.69, 9.17) is 37.1 Å². The van der Waals surface area contributed by atoms with Gasteiger partial charge >= 0.3 is 0 Å². The van der Waals surface area contributed by atoms with Crippen LogP contribution in [0.4, 0.5) is 5.69 Å². The summed E-state index contributed by atoms with van der Waals surface area (Å²) in [6.07, 6.45) is -0.240. The standard InChI is InChI=1S/C24H20Cl2N2O4/c1-14(31-21-5-3-4-18(25)23(21)26)24(29)27-16-8-11-20-19(13-16)28-22(32-20)12-15-6-9-17(30-2)10-7-15/h3-11,13-14H,12H2,1-2H3,(H,27,29)/t14-/m0/s1. The Hall–Kier alpha value is -3.22. The molecular weight excluding hydrogens is 451 g/mol. The number of hydrogen-bond donors (Lipinski definition) is 1. The van der Waals surface area contributed by atoms with Crippen molar-refractivity contribution in [3.05, 3.63) is 82.2 Å². The van der Waals surface area contributed by atoms with Crippen molar-refractivity contribution in [1.82, 2.24) is 4.98 Å². The van der Waals surface area contributed by atoms with Gasteiger partial charge in [0.25, 0.3) is 5.91 Å². The van der Waals surface area contributed by atoms with Gasteiger partial charge in [-0.05, 0) is 55.0 Å². The van der Waals surface area contributed by atoms with Crippen LogP contribution >= 0.6 is 23.2 Å². The van der Waals surface area contributed by atoms with E-state index in [1.54, 1.807) is 50.4 Å². The Morgan fingerprint density at radius 3 is 2.66 bits per heavy atom. The highest BCUT2D eigenvalue weighted by Gasteiger charge is 2.18. The normalized spacial score (nSPS) is 11.9. The van der Waals surface area contributed by atoms with Gasteiger partial charge in [0.2, 0.25) is 0 Å². The summed E-state index contributed by atoms with van der Waals surface area (Å²) < 4.78 is 16.7. The number of carbonyl (C=O) groups excluding carboxylic acids is 1. The molecule has 0 saturated heterocycles. The lowest BCUT2D eigenvalue weighted by Crippen LogP contribution is -2.30. The number of nitrogens with zero attached hydrogens (tertiary/aromatic N) is 1. The molecule has 4 aromatic rings. The van der Waals surface area contributed by atoms with Crippen molar-refractivity contribution in [3.8, 4) is 11.5 Å². The first-order valence-corrected chi connectivity index (χ1v) is 10.6. The molecule has 0 unspecified atom stereocenters. The first-order chi connectivity index (χ1) is 15.4. The van der Waals surface area contributed by atoms with Crippen molar-refractivity contribution in [2.24, 2.45) is 0 Å². The van der Waals surface area contributed by atoms with E-state index in [1.807, 2.05) is 24.3 Å². The zero-order valence-electron chi connectivity index (χ0n) is 17.4. The number of fused-ring (bicyclic) bond motifs is 1. The van der Waals surface area contributed by atoms with Crippen LogP contribution < -0.4 is 14.8 Å². The Kier molecular flexibility index (Phi) is 6.53. The number of carbonyl (C=O) groups is 1. The Morgan fingerprint density at radius 1 is 1.12 bits per heavy atom. The molecule has 1 N–H and O–H groups in total. The maximum absolute atomic E-state index is 12.6. The van der Waals surface area contributed by atoms with E-state index < -0.39 is 6.10 Å². The first-order valence-electron chi connectivity index (χ1n) is 9.87. The average Bonchev–Trinajstić information content (AvgIpc) is 3.19. The number of methoxy groups -OCH3 is 1. The number of anilines is 1. The van der Waals surface area contributed by atoms with Crippen LogP contribution in [0.3, 0.4) is 0 Å². The molecule has 3 aromatic carbocycles. The second-order valence-corrected chi connectivity index (χ2v) is 7.90. The van der Waals surface area contributed by atoms with Gasteiger partial charge in [0.1, 0.15) is 22.0 Å². The van der Waals surface area contributed by atoms with E-state index in [9.17, 15) is 4.79 Å². The third kappa shape index (κ3) is 4.98. The summed E-state index contributed by atoms with van der Waals surface area (Å²) >= 11 is 12.1. The summed E-state index contributed by atoms with van der Waals surface area (Å²) in [4.78, 5) is 17.1. The molecular formula is C24H20Cl2N2O4. The molecule has 164 valence electrons. The van der Waals surface area contributed by atoms with Gasteiger partial charge in [-0.25, -0.2) is 4.98 Å². The number of oxazole rings is 1. The summed E-state index contributed by atoms with van der Waals surface area (Å²) in [5.41, 5.74) is 2.93. The zero-order chi connectivity index (χ0) is 22.7. The van der Waals surface area contributed by atoms with Crippen molar-refractivity contribution in [1.29, 1.82) is 0 Å². The molecule has 0 saturated carbocycles. The molecule has 0 spiro atoms. The van der Waals surface area contributed by atoms with Crippen LogP contribution in [0.25, 0.3) is 11.1 Å². The molecule has 0 aliphatic rings. The molecule has 8 heteroatoms. The minimum atomic E-state index is -0.787. The smallest absolute Gasteiger partial charge is 0.265 e. The van der Waals surface area contributed by atoms with Crippen LogP contribution in [0.2, 0.25) is 10.0 Å². The SMILES string of the molecule is COc1ccc(Cc2nc3cc(NC(=O)[C@H](C)Oc4cccc(Cl)c4Cl)ccc3o2)cc1. The number of aromatic nitrogens is 1. The third-order valence-electron chi connectivity index (χ3n) is 4.80. The molecule has 0 fully saturated rings. The summed E-state index contributed by atoms with van der Waals surface area (Å²) in [5, 5.41) is 3.45. The molecule has 0 bridgehead atoms. The molecule has 1 aromatic heterocycles. The van der Waals surface area contributed by atoms with E-state index >= 15 is 0 Å². The second kappa shape index (κ2) is 9.51. The van der Waals surface area contributed by atoms with E-state index in [2.05, 4.69) is 10.3 Å². The first kappa shape index (κ1) is 22.0. The maximum Gasteiger partial charge on any atom is 0.265 e. The fraction of sp³-hybridized carbons (Fsp3) is 0.167. The Labute approximate surface area is 195 Å². The Bertz CT molecular complexity index is 1250. The molecule has 0 aliphatic heterocycles. The lowest BCUT2D eigenvalue weighted by molar-refractivity contribution is -0.122. The summed E-state index contributed by atoms with van der Waals surface area (Å²) in [6.45, 7) is 1.63. The number of ether oxygens (including phenoxy) is 2. The fourth-order valence-electron chi connectivity index (χ4n) is 3.11. The van der Waals surface area contributed by atoms with Gasteiger partial charge in [0, 0.05) is 12.1 Å². The monoisotopic (exact) mass is 470 g/mol. The number of amides is 1. The van der Waals surface area contributed by atoms with Gasteiger partial charge in [0.15, 0.2) is 17.6 Å². The Morgan fingerprint density at radius 2 is 1.91 bits per heavy atom. The highest BCUT2D eigenvalue weighted by atomic mass is 35.5. The van der Waals surface area contributed by atoms with E-state index in [-0.39, 0.29) is 10.9 Å². The van der Waals surface area contributed by atoms with Crippen molar-refractivity contribution in [2.45, 2.75) is 19.4 Å². The topological polar surface area (TPSA) is 73.6 Å². The van der Waals surface area contributed by atoms with Gasteiger partial charge < -0.3 is 19.2 Å². The van der Waals surface area contributed by atoms with E-state index in [0.717, 1.165) is 11.3 Å². The van der Waals surface area contributed by atoms with Crippen LogP contribution in [-0.2, 0) is 11.2 Å². The second-order valence-electron chi connectivity index (χ2n) is 7.12. The molecule has 32 heavy (non-hydrogen) atoms. The highest BCUT2D eigenvalue weighted by Crippen LogP contribution is 2.32. The van der Waals surface area contributed by atoms with Crippen LogP contribution in [0.1, 0.15) is 18.4 Å². The van der Waals surface area contributed by atoms with Crippen molar-refractivity contribution in [2.75, 3.05) is 12.4 Å². The number of rotatable bonds is 7. The van der Waals surface area contributed by atoms with Crippen LogP contribution in [0.5, 0.6) is 11.5 Å². The van der Waals surface area contributed by atoms with E-state index in [1.165, 1.54) is 0 Å². The maximum atomic E-state index is 12.6. The Balaban J connectivity index is 1.43. The fourth-order valence-corrected chi connectivity index (χ4v) is 3.45. The van der Waals surface area contributed by atoms with Crippen molar-refractivity contribution >= 4 is 45.9 Å². The van der Waals surface area contributed by atoms with E-state index in [0.29, 0.717) is 39.9 Å². The third-order valence-corrected chi connectivity index (χ3v) is 5.60. The molecule has 0 radical (unpaired) electrons. The summed E-state index contributed by atoms with van der Waals surface area (Å²) in [5.74, 6) is 1.39. The molecule has 0 aliphatic carbocycles. The van der Waals surface area contributed by atoms with Crippen molar-refractivity contribution < 1.29 is 18.7 Å². The molecule has 4 rings (SSSR count). The van der Waals surface area contributed by atoms with Gasteiger partial charge in [0.05, 0.1) is 12.1 Å². The number of nitrogens with one attached hydrogen (secondary N) is 1. The molecule has 1 amide bonds. The molecule has 1 heterocycles. The zero-order valence-corrected chi connectivity index (χ0v) is 18.9.